The van der Waals surface area contributed by atoms with Gasteiger partial charge in [0.2, 0.25) is 0 Å². The van der Waals surface area contributed by atoms with Crippen molar-refractivity contribution in [3.63, 3.8) is 0 Å². The van der Waals surface area contributed by atoms with Crippen molar-refractivity contribution in [1.82, 2.24) is 29.7 Å². The van der Waals surface area contributed by atoms with Crippen LogP contribution < -0.4 is 0 Å². The average Bonchev–Trinajstić information content (AvgIpc) is 3.43. The summed E-state index contributed by atoms with van der Waals surface area (Å²) >= 11 is 0. The van der Waals surface area contributed by atoms with Gasteiger partial charge in [0.1, 0.15) is 16.9 Å². The van der Waals surface area contributed by atoms with Gasteiger partial charge in [0, 0.05) is 30.8 Å². The smallest absolute Gasteiger partial charge is 0.333 e. The molecule has 0 saturated heterocycles. The van der Waals surface area contributed by atoms with Gasteiger partial charge >= 0.3 is 6.18 Å². The van der Waals surface area contributed by atoms with E-state index in [0.29, 0.717) is 29.2 Å². The molecule has 1 N–H and O–H groups in total. The van der Waals surface area contributed by atoms with E-state index in [4.69, 9.17) is 4.98 Å². The van der Waals surface area contributed by atoms with Crippen LogP contribution in [0.4, 0.5) is 13.2 Å². The number of hydrogen-bond donors (Lipinski definition) is 1. The number of rotatable bonds is 5. The van der Waals surface area contributed by atoms with E-state index in [1.807, 2.05) is 30.3 Å². The summed E-state index contributed by atoms with van der Waals surface area (Å²) in [6.45, 7) is 4.28. The lowest BCUT2D eigenvalue weighted by Gasteiger charge is -2.11. The highest BCUT2D eigenvalue weighted by Gasteiger charge is 2.34. The third-order valence-corrected chi connectivity index (χ3v) is 5.95. The van der Waals surface area contributed by atoms with Crippen LogP contribution in [0.1, 0.15) is 42.3 Å². The summed E-state index contributed by atoms with van der Waals surface area (Å²) in [6, 6.07) is 15.4. The van der Waals surface area contributed by atoms with Crippen LogP contribution in [0.5, 0.6) is 0 Å². The molecule has 5 aromatic rings. The molecule has 0 aliphatic rings. The number of imidazole rings is 1. The third-order valence-electron chi connectivity index (χ3n) is 5.95. The maximum Gasteiger partial charge on any atom is 0.434 e. The molecule has 0 unspecified atom stereocenters. The van der Waals surface area contributed by atoms with Crippen molar-refractivity contribution < 1.29 is 13.2 Å². The van der Waals surface area contributed by atoms with Crippen molar-refractivity contribution in [2.24, 2.45) is 7.05 Å². The first-order valence-corrected chi connectivity index (χ1v) is 11.2. The van der Waals surface area contributed by atoms with Crippen LogP contribution >= 0.6 is 0 Å². The van der Waals surface area contributed by atoms with Gasteiger partial charge in [-0.15, -0.1) is 0 Å². The van der Waals surface area contributed by atoms with E-state index in [2.05, 4.69) is 40.1 Å². The zero-order chi connectivity index (χ0) is 24.7. The number of alkyl halides is 3. The summed E-state index contributed by atoms with van der Waals surface area (Å²) in [5, 5.41) is 7.40. The standard InChI is InChI=1S/C26H23F3N6/c1-15(2)18-6-4-5-7-19(18)24-30-13-21-23(32-24)20(33-34-21)12-16-8-10-17(11-9-16)25-31-22(14-35(25)3)26(27,28)29/h4-11,13-15H,12H2,1-3H3,(H,33,34). The number of benzene rings is 2. The maximum atomic E-state index is 13.0. The van der Waals surface area contributed by atoms with Gasteiger partial charge in [0.15, 0.2) is 11.5 Å². The number of halogens is 3. The summed E-state index contributed by atoms with van der Waals surface area (Å²) in [7, 11) is 1.55. The van der Waals surface area contributed by atoms with Crippen LogP contribution in [0.25, 0.3) is 33.8 Å². The quantitative estimate of drug-likeness (QED) is 0.330. The van der Waals surface area contributed by atoms with Crippen molar-refractivity contribution in [1.29, 1.82) is 0 Å². The molecule has 0 radical (unpaired) electrons. The van der Waals surface area contributed by atoms with E-state index >= 15 is 0 Å². The first kappa shape index (κ1) is 22.8. The first-order valence-electron chi connectivity index (χ1n) is 11.2. The largest absolute Gasteiger partial charge is 0.434 e. The lowest BCUT2D eigenvalue weighted by atomic mass is 9.97. The monoisotopic (exact) mass is 476 g/mol. The molecule has 0 aliphatic carbocycles. The molecule has 3 aromatic heterocycles. The van der Waals surface area contributed by atoms with Gasteiger partial charge < -0.3 is 4.57 Å². The van der Waals surface area contributed by atoms with E-state index in [1.165, 1.54) is 10.1 Å². The number of aryl methyl sites for hydroxylation is 1. The normalized spacial score (nSPS) is 12.1. The van der Waals surface area contributed by atoms with Crippen LogP contribution in [0, 0.1) is 0 Å². The number of aromatic nitrogens is 6. The molecule has 35 heavy (non-hydrogen) atoms. The fraction of sp³-hybridized carbons (Fsp3) is 0.231. The van der Waals surface area contributed by atoms with Gasteiger partial charge in [-0.25, -0.2) is 15.0 Å². The van der Waals surface area contributed by atoms with E-state index in [1.54, 1.807) is 25.4 Å². The second-order valence-corrected chi connectivity index (χ2v) is 8.80. The molecule has 6 nitrogen and oxygen atoms in total. The predicted molar refractivity (Wildman–Crippen MR) is 128 cm³/mol. The molecule has 178 valence electrons. The fourth-order valence-corrected chi connectivity index (χ4v) is 4.16. The van der Waals surface area contributed by atoms with Gasteiger partial charge in [-0.3, -0.25) is 5.10 Å². The van der Waals surface area contributed by atoms with Gasteiger partial charge in [-0.05, 0) is 17.0 Å². The van der Waals surface area contributed by atoms with Crippen LogP contribution in [0.3, 0.4) is 0 Å². The van der Waals surface area contributed by atoms with Crippen LogP contribution in [0.15, 0.2) is 60.9 Å². The molecule has 3 heterocycles. The number of nitrogens with zero attached hydrogens (tertiary/aromatic N) is 5. The average molecular weight is 477 g/mol. The summed E-state index contributed by atoms with van der Waals surface area (Å²) < 4.78 is 40.4. The van der Waals surface area contributed by atoms with Crippen LogP contribution in [-0.2, 0) is 19.6 Å². The topological polar surface area (TPSA) is 72.3 Å². The van der Waals surface area contributed by atoms with Crippen molar-refractivity contribution in [3.05, 3.63) is 83.4 Å². The van der Waals surface area contributed by atoms with Crippen LogP contribution in [0.2, 0.25) is 0 Å². The number of fused-ring (bicyclic) bond motifs is 1. The first-order chi connectivity index (χ1) is 16.7. The van der Waals surface area contributed by atoms with E-state index in [0.717, 1.165) is 28.5 Å². The Morgan fingerprint density at radius 2 is 1.74 bits per heavy atom. The zero-order valence-electron chi connectivity index (χ0n) is 19.4. The minimum Gasteiger partial charge on any atom is -0.333 e. The Kier molecular flexibility index (Phi) is 5.62. The highest BCUT2D eigenvalue weighted by Crippen LogP contribution is 2.31. The molecule has 0 aliphatic heterocycles. The molecule has 0 amide bonds. The Balaban J connectivity index is 1.44. The van der Waals surface area contributed by atoms with Crippen LogP contribution in [-0.4, -0.2) is 29.7 Å². The fourth-order valence-electron chi connectivity index (χ4n) is 4.16. The summed E-state index contributed by atoms with van der Waals surface area (Å²) in [5.41, 5.74) is 5.10. The highest BCUT2D eigenvalue weighted by molar-refractivity contribution is 5.79. The lowest BCUT2D eigenvalue weighted by molar-refractivity contribution is -0.140. The van der Waals surface area contributed by atoms with E-state index in [-0.39, 0.29) is 5.82 Å². The Morgan fingerprint density at radius 3 is 2.43 bits per heavy atom. The molecule has 5 rings (SSSR count). The molecule has 0 saturated carbocycles. The van der Waals surface area contributed by atoms with E-state index in [9.17, 15) is 13.2 Å². The van der Waals surface area contributed by atoms with Gasteiger partial charge in [0.05, 0.1) is 11.9 Å². The van der Waals surface area contributed by atoms with Crippen molar-refractivity contribution in [2.75, 3.05) is 0 Å². The summed E-state index contributed by atoms with van der Waals surface area (Å²) in [6.07, 6.45) is -1.23. The molecule has 0 spiro atoms. The molecule has 0 atom stereocenters. The number of hydrogen-bond acceptors (Lipinski definition) is 4. The lowest BCUT2D eigenvalue weighted by Crippen LogP contribution is -2.04. The molecule has 2 aromatic carbocycles. The highest BCUT2D eigenvalue weighted by atomic mass is 19.4. The zero-order valence-corrected chi connectivity index (χ0v) is 19.4. The molecular formula is C26H23F3N6. The molecular weight excluding hydrogens is 453 g/mol. The number of H-pyrrole nitrogens is 1. The predicted octanol–water partition coefficient (Wildman–Crippen LogP) is 6.15. The minimum atomic E-state index is -4.48. The number of aromatic amines is 1. The molecule has 0 bridgehead atoms. The second-order valence-electron chi connectivity index (χ2n) is 8.80. The van der Waals surface area contributed by atoms with Gasteiger partial charge in [-0.1, -0.05) is 62.4 Å². The Bertz CT molecular complexity index is 1500. The Hall–Kier alpha value is -4.01. The third kappa shape index (κ3) is 4.41. The molecule has 9 heteroatoms. The van der Waals surface area contributed by atoms with E-state index < -0.39 is 11.9 Å². The second kappa shape index (κ2) is 8.65. The van der Waals surface area contributed by atoms with Crippen molar-refractivity contribution in [3.8, 4) is 22.8 Å². The minimum absolute atomic E-state index is 0.261. The molecule has 0 fully saturated rings. The SMILES string of the molecule is CC(C)c1ccccc1-c1ncc2n[nH]c(Cc3ccc(-c4nc(C(F)(F)F)cn4C)cc3)c2n1. The van der Waals surface area contributed by atoms with Gasteiger partial charge in [-0.2, -0.15) is 18.3 Å². The van der Waals surface area contributed by atoms with Crippen molar-refractivity contribution in [2.45, 2.75) is 32.4 Å². The Labute approximate surface area is 199 Å². The summed E-state index contributed by atoms with van der Waals surface area (Å²) in [4.78, 5) is 13.1. The maximum absolute atomic E-state index is 13.0. The number of nitrogens with one attached hydrogen (secondary N) is 1. The summed E-state index contributed by atoms with van der Waals surface area (Å²) in [5.74, 6) is 1.24. The Morgan fingerprint density at radius 1 is 1.00 bits per heavy atom. The van der Waals surface area contributed by atoms with Gasteiger partial charge in [0.25, 0.3) is 0 Å². The van der Waals surface area contributed by atoms with Crippen molar-refractivity contribution >= 4 is 11.0 Å².